The van der Waals surface area contributed by atoms with Crippen LogP contribution < -0.4 is 4.72 Å². The van der Waals surface area contributed by atoms with Gasteiger partial charge in [-0.1, -0.05) is 28.1 Å². The molecule has 2 rings (SSSR count). The lowest BCUT2D eigenvalue weighted by Crippen LogP contribution is -2.14. The summed E-state index contributed by atoms with van der Waals surface area (Å²) in [4.78, 5) is 9.93. The number of anilines is 1. The van der Waals surface area contributed by atoms with E-state index in [1.165, 1.54) is 18.2 Å². The van der Waals surface area contributed by atoms with Crippen molar-refractivity contribution in [3.63, 3.8) is 0 Å². The first kappa shape index (κ1) is 15.5. The highest BCUT2D eigenvalue weighted by Crippen LogP contribution is 2.26. The molecule has 8 heteroatoms. The lowest BCUT2D eigenvalue weighted by atomic mass is 10.2. The number of nitro benzene ring substituents is 1. The van der Waals surface area contributed by atoms with E-state index in [-0.39, 0.29) is 10.6 Å². The Balaban J connectivity index is 2.41. The number of nitro groups is 1. The Kier molecular flexibility index (Phi) is 4.29. The van der Waals surface area contributed by atoms with Gasteiger partial charge in [-0.15, -0.1) is 0 Å². The van der Waals surface area contributed by atoms with Gasteiger partial charge in [0.05, 0.1) is 15.5 Å². The largest absolute Gasteiger partial charge is 0.279 e. The Morgan fingerprint density at radius 3 is 2.52 bits per heavy atom. The molecule has 0 amide bonds. The van der Waals surface area contributed by atoms with Crippen molar-refractivity contribution in [3.8, 4) is 0 Å². The molecule has 6 nitrogen and oxygen atoms in total. The Labute approximate surface area is 130 Å². The molecule has 0 saturated heterocycles. The molecule has 0 saturated carbocycles. The van der Waals surface area contributed by atoms with E-state index in [1.807, 2.05) is 0 Å². The molecule has 0 unspecified atom stereocenters. The Morgan fingerprint density at radius 1 is 1.19 bits per heavy atom. The highest BCUT2D eigenvalue weighted by atomic mass is 79.9. The second-order valence-corrected chi connectivity index (χ2v) is 6.81. The van der Waals surface area contributed by atoms with Crippen LogP contribution in [0.2, 0.25) is 0 Å². The number of non-ortho nitro benzene ring substituents is 1. The molecular weight excluding hydrogens is 360 g/mol. The van der Waals surface area contributed by atoms with Crippen LogP contribution in [0.25, 0.3) is 0 Å². The van der Waals surface area contributed by atoms with Crippen molar-refractivity contribution in [3.05, 3.63) is 62.6 Å². The lowest BCUT2D eigenvalue weighted by Gasteiger charge is -2.11. The van der Waals surface area contributed by atoms with Crippen LogP contribution in [0.3, 0.4) is 0 Å². The summed E-state index contributed by atoms with van der Waals surface area (Å²) in [6.45, 7) is 1.76. The molecule has 0 spiro atoms. The van der Waals surface area contributed by atoms with Crippen LogP contribution in [0, 0.1) is 17.0 Å². The molecule has 0 aromatic heterocycles. The van der Waals surface area contributed by atoms with Crippen molar-refractivity contribution in [2.45, 2.75) is 11.8 Å². The molecular formula is C13H11BrN2O4S. The van der Waals surface area contributed by atoms with Crippen molar-refractivity contribution in [2.75, 3.05) is 4.72 Å². The van der Waals surface area contributed by atoms with Crippen LogP contribution in [0.4, 0.5) is 11.4 Å². The van der Waals surface area contributed by atoms with Gasteiger partial charge in [-0.05, 0) is 30.7 Å². The van der Waals surface area contributed by atoms with Crippen LogP contribution in [-0.2, 0) is 10.0 Å². The van der Waals surface area contributed by atoms with Crippen LogP contribution >= 0.6 is 15.9 Å². The van der Waals surface area contributed by atoms with Gasteiger partial charge in [-0.2, -0.15) is 0 Å². The molecule has 2 aromatic carbocycles. The maximum atomic E-state index is 12.3. The van der Waals surface area contributed by atoms with E-state index in [0.717, 1.165) is 16.1 Å². The molecule has 0 aliphatic carbocycles. The minimum absolute atomic E-state index is 0.156. The predicted molar refractivity (Wildman–Crippen MR) is 82.8 cm³/mol. The topological polar surface area (TPSA) is 89.3 Å². The predicted octanol–water partition coefficient (Wildman–Crippen LogP) is 3.47. The molecule has 0 bridgehead atoms. The second-order valence-electron chi connectivity index (χ2n) is 4.27. The molecule has 0 fully saturated rings. The highest BCUT2D eigenvalue weighted by Gasteiger charge is 2.18. The number of benzene rings is 2. The number of halogens is 1. The quantitative estimate of drug-likeness (QED) is 0.658. The van der Waals surface area contributed by atoms with Gasteiger partial charge in [0.1, 0.15) is 0 Å². The van der Waals surface area contributed by atoms with Crippen molar-refractivity contribution in [1.29, 1.82) is 0 Å². The SMILES string of the molecule is Cc1c(Br)cccc1NS(=O)(=O)c1cccc([N+](=O)[O-])c1. The third kappa shape index (κ3) is 3.40. The zero-order valence-corrected chi connectivity index (χ0v) is 13.3. The van der Waals surface area contributed by atoms with Crippen molar-refractivity contribution >= 4 is 37.3 Å². The van der Waals surface area contributed by atoms with Crippen LogP contribution in [0.15, 0.2) is 51.8 Å². The Morgan fingerprint density at radius 2 is 1.86 bits per heavy atom. The maximum absolute atomic E-state index is 12.3. The van der Waals surface area contributed by atoms with E-state index in [0.29, 0.717) is 5.69 Å². The first-order valence-electron chi connectivity index (χ1n) is 5.83. The third-order valence-electron chi connectivity index (χ3n) is 2.85. The summed E-state index contributed by atoms with van der Waals surface area (Å²) in [6, 6.07) is 10.0. The number of hydrogen-bond acceptors (Lipinski definition) is 4. The minimum atomic E-state index is -3.88. The number of rotatable bonds is 4. The van der Waals surface area contributed by atoms with Gasteiger partial charge in [-0.3, -0.25) is 14.8 Å². The van der Waals surface area contributed by atoms with E-state index >= 15 is 0 Å². The molecule has 1 N–H and O–H groups in total. The van der Waals surface area contributed by atoms with Crippen LogP contribution in [0.1, 0.15) is 5.56 Å². The van der Waals surface area contributed by atoms with Crippen LogP contribution in [0.5, 0.6) is 0 Å². The van der Waals surface area contributed by atoms with E-state index in [2.05, 4.69) is 20.7 Å². The Bertz CT molecular complexity index is 806. The minimum Gasteiger partial charge on any atom is -0.279 e. The fraction of sp³-hybridized carbons (Fsp3) is 0.0769. The highest BCUT2D eigenvalue weighted by molar-refractivity contribution is 9.10. The smallest absolute Gasteiger partial charge is 0.270 e. The van der Waals surface area contributed by atoms with Gasteiger partial charge in [0.15, 0.2) is 0 Å². The summed E-state index contributed by atoms with van der Waals surface area (Å²) >= 11 is 3.32. The van der Waals surface area contributed by atoms with Gasteiger partial charge in [0.2, 0.25) is 0 Å². The fourth-order valence-electron chi connectivity index (χ4n) is 1.69. The van der Waals surface area contributed by atoms with Crippen molar-refractivity contribution in [1.82, 2.24) is 0 Å². The molecule has 21 heavy (non-hydrogen) atoms. The van der Waals surface area contributed by atoms with Gasteiger partial charge in [0.25, 0.3) is 15.7 Å². The summed E-state index contributed by atoms with van der Waals surface area (Å²) in [7, 11) is -3.88. The normalized spacial score (nSPS) is 11.1. The van der Waals surface area contributed by atoms with E-state index in [4.69, 9.17) is 0 Å². The van der Waals surface area contributed by atoms with E-state index < -0.39 is 14.9 Å². The molecule has 0 aliphatic heterocycles. The number of hydrogen-bond donors (Lipinski definition) is 1. The summed E-state index contributed by atoms with van der Waals surface area (Å²) < 4.78 is 27.8. The molecule has 0 aliphatic rings. The third-order valence-corrected chi connectivity index (χ3v) is 5.07. The Hall–Kier alpha value is -1.93. The second kappa shape index (κ2) is 5.82. The summed E-state index contributed by atoms with van der Waals surface area (Å²) in [5.74, 6) is 0. The van der Waals surface area contributed by atoms with Gasteiger partial charge in [0, 0.05) is 16.6 Å². The average Bonchev–Trinajstić information content (AvgIpc) is 2.44. The summed E-state index contributed by atoms with van der Waals surface area (Å²) in [5.41, 5.74) is 0.867. The van der Waals surface area contributed by atoms with Crippen LogP contribution in [-0.4, -0.2) is 13.3 Å². The molecule has 0 atom stereocenters. The summed E-state index contributed by atoms with van der Waals surface area (Å²) in [5, 5.41) is 10.7. The van der Waals surface area contributed by atoms with Gasteiger partial charge >= 0.3 is 0 Å². The maximum Gasteiger partial charge on any atom is 0.270 e. The zero-order valence-electron chi connectivity index (χ0n) is 10.9. The molecule has 0 heterocycles. The van der Waals surface area contributed by atoms with Crippen molar-refractivity contribution < 1.29 is 13.3 Å². The summed E-state index contributed by atoms with van der Waals surface area (Å²) in [6.07, 6.45) is 0. The lowest BCUT2D eigenvalue weighted by molar-refractivity contribution is -0.385. The van der Waals surface area contributed by atoms with Crippen molar-refractivity contribution in [2.24, 2.45) is 0 Å². The van der Waals surface area contributed by atoms with E-state index in [1.54, 1.807) is 25.1 Å². The number of sulfonamides is 1. The monoisotopic (exact) mass is 370 g/mol. The van der Waals surface area contributed by atoms with E-state index in [9.17, 15) is 18.5 Å². The zero-order chi connectivity index (χ0) is 15.6. The molecule has 110 valence electrons. The van der Waals surface area contributed by atoms with Gasteiger partial charge in [-0.25, -0.2) is 8.42 Å². The number of nitrogens with one attached hydrogen (secondary N) is 1. The fourth-order valence-corrected chi connectivity index (χ4v) is 3.21. The molecule has 2 aromatic rings. The number of nitrogens with zero attached hydrogens (tertiary/aromatic N) is 1. The van der Waals surface area contributed by atoms with Gasteiger partial charge < -0.3 is 0 Å². The molecule has 0 radical (unpaired) electrons. The standard InChI is InChI=1S/C13H11BrN2O4S/c1-9-12(14)6-3-7-13(9)15-21(19,20)11-5-2-4-10(8-11)16(17)18/h2-8,15H,1H3. The first-order chi connectivity index (χ1) is 9.81. The first-order valence-corrected chi connectivity index (χ1v) is 8.11. The average molecular weight is 371 g/mol.